The maximum atomic E-state index is 13.2. The van der Waals surface area contributed by atoms with E-state index in [0.29, 0.717) is 16.9 Å². The molecule has 5 heteroatoms. The Bertz CT molecular complexity index is 1030. The van der Waals surface area contributed by atoms with Crippen molar-refractivity contribution in [3.05, 3.63) is 102 Å². The molecule has 1 aliphatic rings. The number of carbonyl (C=O) groups excluding carboxylic acids is 2. The summed E-state index contributed by atoms with van der Waals surface area (Å²) in [6.07, 6.45) is 0. The van der Waals surface area contributed by atoms with E-state index in [4.69, 9.17) is 0 Å². The molecule has 1 N–H and O–H groups in total. The fourth-order valence-electron chi connectivity index (χ4n) is 3.01. The van der Waals surface area contributed by atoms with Crippen LogP contribution in [0.1, 0.15) is 5.56 Å². The average Bonchev–Trinajstić information content (AvgIpc) is 2.95. The van der Waals surface area contributed by atoms with Gasteiger partial charge in [0.05, 0.1) is 11.3 Å². The quantitative estimate of drug-likeness (QED) is 0.711. The fraction of sp³-hybridized carbons (Fsp3) is 0. The number of hydrogen-bond acceptors (Lipinski definition) is 3. The lowest BCUT2D eigenvalue weighted by Gasteiger charge is -2.15. The first-order valence-electron chi connectivity index (χ1n) is 8.41. The summed E-state index contributed by atoms with van der Waals surface area (Å²) in [7, 11) is 0. The number of hydrogen-bond donors (Lipinski definition) is 1. The van der Waals surface area contributed by atoms with Crippen molar-refractivity contribution in [3.8, 4) is 0 Å². The Morgan fingerprint density at radius 2 is 1.30 bits per heavy atom. The van der Waals surface area contributed by atoms with Crippen molar-refractivity contribution in [2.24, 2.45) is 0 Å². The lowest BCUT2D eigenvalue weighted by Crippen LogP contribution is -2.32. The molecule has 0 atom stereocenters. The van der Waals surface area contributed by atoms with Gasteiger partial charge in [-0.15, -0.1) is 0 Å². The molecule has 0 aliphatic carbocycles. The van der Waals surface area contributed by atoms with Gasteiger partial charge in [0.25, 0.3) is 11.8 Å². The molecule has 2 amide bonds. The van der Waals surface area contributed by atoms with Gasteiger partial charge in [0, 0.05) is 5.69 Å². The number of anilines is 2. The molecular weight excluding hydrogens is 343 g/mol. The molecule has 0 unspecified atom stereocenters. The molecule has 132 valence electrons. The van der Waals surface area contributed by atoms with E-state index >= 15 is 0 Å². The molecule has 0 saturated carbocycles. The summed E-state index contributed by atoms with van der Waals surface area (Å²) >= 11 is 0. The predicted octanol–water partition coefficient (Wildman–Crippen LogP) is 4.22. The number of imide groups is 1. The maximum Gasteiger partial charge on any atom is 0.282 e. The van der Waals surface area contributed by atoms with Crippen molar-refractivity contribution < 1.29 is 14.0 Å². The Hall–Kier alpha value is -3.73. The summed E-state index contributed by atoms with van der Waals surface area (Å²) in [6.45, 7) is 0. The van der Waals surface area contributed by atoms with Gasteiger partial charge in [-0.3, -0.25) is 9.59 Å². The van der Waals surface area contributed by atoms with E-state index in [-0.39, 0.29) is 17.1 Å². The minimum Gasteiger partial charge on any atom is -0.350 e. The number of carbonyl (C=O) groups is 2. The highest BCUT2D eigenvalue weighted by molar-refractivity contribution is 6.46. The van der Waals surface area contributed by atoms with E-state index in [1.807, 2.05) is 12.1 Å². The van der Waals surface area contributed by atoms with Gasteiger partial charge in [0.2, 0.25) is 0 Å². The molecule has 4 nitrogen and oxygen atoms in total. The van der Waals surface area contributed by atoms with Crippen molar-refractivity contribution >= 4 is 28.8 Å². The Kier molecular flexibility index (Phi) is 4.26. The Balaban J connectivity index is 1.81. The van der Waals surface area contributed by atoms with Crippen LogP contribution in [0, 0.1) is 5.82 Å². The maximum absolute atomic E-state index is 13.2. The van der Waals surface area contributed by atoms with Crippen LogP contribution in [0.25, 0.3) is 5.57 Å². The Morgan fingerprint density at radius 3 is 1.93 bits per heavy atom. The standard InChI is InChI=1S/C22H15FN2O2/c23-16-11-13-17(14-12-16)24-20-19(15-7-3-1-4-8-15)21(26)25(22(20)27)18-9-5-2-6-10-18/h1-14,24H. The van der Waals surface area contributed by atoms with E-state index in [9.17, 15) is 14.0 Å². The molecule has 27 heavy (non-hydrogen) atoms. The average molecular weight is 358 g/mol. The van der Waals surface area contributed by atoms with Crippen molar-refractivity contribution in [2.75, 3.05) is 10.2 Å². The molecule has 0 fully saturated rings. The number of nitrogens with one attached hydrogen (secondary N) is 1. The second kappa shape index (κ2) is 6.88. The van der Waals surface area contributed by atoms with Gasteiger partial charge < -0.3 is 5.32 Å². The number of amides is 2. The summed E-state index contributed by atoms with van der Waals surface area (Å²) in [5.74, 6) is -1.23. The van der Waals surface area contributed by atoms with E-state index in [2.05, 4.69) is 5.32 Å². The first-order chi connectivity index (χ1) is 13.1. The zero-order chi connectivity index (χ0) is 18.8. The van der Waals surface area contributed by atoms with Crippen molar-refractivity contribution in [2.45, 2.75) is 0 Å². The highest BCUT2D eigenvalue weighted by Gasteiger charge is 2.40. The Labute approximate surface area is 155 Å². The number of benzene rings is 3. The van der Waals surface area contributed by atoms with E-state index in [1.54, 1.807) is 48.5 Å². The van der Waals surface area contributed by atoms with E-state index < -0.39 is 11.8 Å². The molecule has 1 heterocycles. The van der Waals surface area contributed by atoms with Crippen LogP contribution in [-0.2, 0) is 9.59 Å². The monoisotopic (exact) mass is 358 g/mol. The van der Waals surface area contributed by atoms with Gasteiger partial charge in [0.1, 0.15) is 11.5 Å². The molecule has 0 spiro atoms. The van der Waals surface area contributed by atoms with Gasteiger partial charge in [-0.25, -0.2) is 9.29 Å². The second-order valence-corrected chi connectivity index (χ2v) is 6.03. The zero-order valence-corrected chi connectivity index (χ0v) is 14.2. The largest absolute Gasteiger partial charge is 0.350 e. The summed E-state index contributed by atoms with van der Waals surface area (Å²) in [6, 6.07) is 23.4. The molecule has 0 bridgehead atoms. The van der Waals surface area contributed by atoms with E-state index in [0.717, 1.165) is 4.90 Å². The van der Waals surface area contributed by atoms with Crippen LogP contribution in [0.3, 0.4) is 0 Å². The van der Waals surface area contributed by atoms with Crippen LogP contribution in [0.5, 0.6) is 0 Å². The molecule has 0 saturated heterocycles. The lowest BCUT2D eigenvalue weighted by molar-refractivity contribution is -0.120. The number of para-hydroxylation sites is 1. The molecule has 4 rings (SSSR count). The van der Waals surface area contributed by atoms with Gasteiger partial charge in [-0.1, -0.05) is 48.5 Å². The van der Waals surface area contributed by atoms with Gasteiger partial charge in [0.15, 0.2) is 0 Å². The van der Waals surface area contributed by atoms with Gasteiger partial charge in [-0.05, 0) is 42.0 Å². The molecule has 1 aliphatic heterocycles. The lowest BCUT2D eigenvalue weighted by atomic mass is 10.0. The SMILES string of the molecule is O=C1C(Nc2ccc(F)cc2)=C(c2ccccc2)C(=O)N1c1ccccc1. The van der Waals surface area contributed by atoms with Crippen LogP contribution < -0.4 is 10.2 Å². The van der Waals surface area contributed by atoms with Crippen LogP contribution in [0.4, 0.5) is 15.8 Å². The molecule has 0 radical (unpaired) electrons. The van der Waals surface area contributed by atoms with Crippen LogP contribution >= 0.6 is 0 Å². The fourth-order valence-corrected chi connectivity index (χ4v) is 3.01. The number of halogens is 1. The highest BCUT2D eigenvalue weighted by atomic mass is 19.1. The van der Waals surface area contributed by atoms with Gasteiger partial charge in [-0.2, -0.15) is 0 Å². The van der Waals surface area contributed by atoms with Gasteiger partial charge >= 0.3 is 0 Å². The highest BCUT2D eigenvalue weighted by Crippen LogP contribution is 2.33. The minimum absolute atomic E-state index is 0.168. The summed E-state index contributed by atoms with van der Waals surface area (Å²) in [4.78, 5) is 27.3. The van der Waals surface area contributed by atoms with Crippen LogP contribution in [0.15, 0.2) is 90.6 Å². The summed E-state index contributed by atoms with van der Waals surface area (Å²) in [5, 5.41) is 3.00. The minimum atomic E-state index is -0.450. The Morgan fingerprint density at radius 1 is 0.704 bits per heavy atom. The molecule has 0 aromatic heterocycles. The second-order valence-electron chi connectivity index (χ2n) is 6.03. The third-order valence-corrected chi connectivity index (χ3v) is 4.27. The third-order valence-electron chi connectivity index (χ3n) is 4.27. The number of nitrogens with zero attached hydrogens (tertiary/aromatic N) is 1. The normalized spacial score (nSPS) is 14.0. The summed E-state index contributed by atoms with van der Waals surface area (Å²) < 4.78 is 13.2. The molecule has 3 aromatic carbocycles. The van der Waals surface area contributed by atoms with Crippen molar-refractivity contribution in [1.29, 1.82) is 0 Å². The molecule has 3 aromatic rings. The predicted molar refractivity (Wildman–Crippen MR) is 102 cm³/mol. The molecular formula is C22H15FN2O2. The summed E-state index contributed by atoms with van der Waals surface area (Å²) in [5.41, 5.74) is 2.11. The zero-order valence-electron chi connectivity index (χ0n) is 14.2. The van der Waals surface area contributed by atoms with Crippen molar-refractivity contribution in [1.82, 2.24) is 0 Å². The first kappa shape index (κ1) is 16.7. The van der Waals surface area contributed by atoms with Crippen LogP contribution in [0.2, 0.25) is 0 Å². The smallest absolute Gasteiger partial charge is 0.282 e. The number of rotatable bonds is 4. The third kappa shape index (κ3) is 3.11. The first-order valence-corrected chi connectivity index (χ1v) is 8.41. The van der Waals surface area contributed by atoms with E-state index in [1.165, 1.54) is 24.3 Å². The topological polar surface area (TPSA) is 49.4 Å². The van der Waals surface area contributed by atoms with Crippen molar-refractivity contribution in [3.63, 3.8) is 0 Å². The van der Waals surface area contributed by atoms with Crippen LogP contribution in [-0.4, -0.2) is 11.8 Å².